The highest BCUT2D eigenvalue weighted by atomic mass is 16.4. The summed E-state index contributed by atoms with van der Waals surface area (Å²) >= 11 is 0. The van der Waals surface area contributed by atoms with Gasteiger partial charge in [0.25, 0.3) is 0 Å². The zero-order chi connectivity index (χ0) is 23.9. The number of carbonyl (C=O) groups is 2. The molecule has 0 bridgehead atoms. The molecule has 1 heterocycles. The minimum atomic E-state index is -1.08. The van der Waals surface area contributed by atoms with Crippen LogP contribution in [-0.2, 0) is 9.59 Å². The minimum absolute atomic E-state index is 0. The highest BCUT2D eigenvalue weighted by Gasteiger charge is 2.12. The molecule has 0 saturated heterocycles. The number of carboxylic acid groups (broad SMARTS) is 2. The van der Waals surface area contributed by atoms with Gasteiger partial charge in [-0.3, -0.25) is 14.6 Å². The Balaban J connectivity index is 0. The van der Waals surface area contributed by atoms with Crippen LogP contribution < -0.4 is 6.15 Å². The maximum atomic E-state index is 9.64. The summed E-state index contributed by atoms with van der Waals surface area (Å²) in [5.74, 6) is -0.857. The minimum Gasteiger partial charge on any atom is -0.481 e. The number of amidine groups is 1. The first-order valence-electron chi connectivity index (χ1n) is 12.9. The summed E-state index contributed by atoms with van der Waals surface area (Å²) < 4.78 is 0. The van der Waals surface area contributed by atoms with Crippen molar-refractivity contribution in [2.24, 2.45) is 4.99 Å². The fraction of sp³-hybridized carbons (Fsp3) is 0.808. The van der Waals surface area contributed by atoms with Gasteiger partial charge in [0.1, 0.15) is 0 Å². The Hall–Kier alpha value is -1.89. The Bertz CT molecular complexity index is 522. The van der Waals surface area contributed by atoms with E-state index in [0.717, 1.165) is 26.1 Å². The van der Waals surface area contributed by atoms with Gasteiger partial charge >= 0.3 is 11.9 Å². The zero-order valence-corrected chi connectivity index (χ0v) is 21.4. The molecule has 0 aromatic carbocycles. The molecule has 1 rings (SSSR count). The lowest BCUT2D eigenvalue weighted by molar-refractivity contribution is -0.143. The third-order valence-corrected chi connectivity index (χ3v) is 5.62. The quantitative estimate of drug-likeness (QED) is 0.140. The molecule has 33 heavy (non-hydrogen) atoms. The predicted octanol–water partition coefficient (Wildman–Crippen LogP) is 6.86. The van der Waals surface area contributed by atoms with Crippen LogP contribution in [0.3, 0.4) is 0 Å². The second kappa shape index (κ2) is 24.7. The average molecular weight is 470 g/mol. The van der Waals surface area contributed by atoms with E-state index in [2.05, 4.69) is 35.9 Å². The largest absolute Gasteiger partial charge is 0.481 e. The van der Waals surface area contributed by atoms with Crippen LogP contribution in [0.25, 0.3) is 0 Å². The molecule has 0 aliphatic carbocycles. The first kappa shape index (κ1) is 33.3. The number of aliphatic imine (C=N–C) groups is 1. The summed E-state index contributed by atoms with van der Waals surface area (Å²) in [4.78, 5) is 26.2. The van der Waals surface area contributed by atoms with Gasteiger partial charge in [0, 0.05) is 19.5 Å². The molecule has 7 nitrogen and oxygen atoms in total. The summed E-state index contributed by atoms with van der Waals surface area (Å²) in [5, 5.41) is 15.8. The maximum absolute atomic E-state index is 9.64. The van der Waals surface area contributed by atoms with E-state index in [1.165, 1.54) is 89.3 Å². The predicted molar refractivity (Wildman–Crippen MR) is 139 cm³/mol. The van der Waals surface area contributed by atoms with Crippen molar-refractivity contribution in [3.05, 3.63) is 12.2 Å². The van der Waals surface area contributed by atoms with E-state index in [0.29, 0.717) is 0 Å². The first-order chi connectivity index (χ1) is 15.5. The molecular formula is C26H51N3O4. The van der Waals surface area contributed by atoms with Crippen LogP contribution in [0.4, 0.5) is 0 Å². The van der Waals surface area contributed by atoms with Crippen molar-refractivity contribution in [1.29, 1.82) is 0 Å². The Labute approximate surface area is 202 Å². The SMILES string of the molecule is CCCCCCCCCCCCCCC=CCN1CCN=C1CC.N.O=C(O)CCC(=O)O. The van der Waals surface area contributed by atoms with Crippen LogP contribution >= 0.6 is 0 Å². The molecule has 5 N–H and O–H groups in total. The lowest BCUT2D eigenvalue weighted by atomic mass is 10.0. The number of unbranched alkanes of at least 4 members (excludes halogenated alkanes) is 12. The van der Waals surface area contributed by atoms with Gasteiger partial charge in [0.05, 0.1) is 25.2 Å². The van der Waals surface area contributed by atoms with Crippen LogP contribution in [0, 0.1) is 0 Å². The van der Waals surface area contributed by atoms with Gasteiger partial charge in [0.2, 0.25) is 0 Å². The van der Waals surface area contributed by atoms with Crippen LogP contribution in [0.5, 0.6) is 0 Å². The van der Waals surface area contributed by atoms with Crippen molar-refractivity contribution in [2.45, 2.75) is 117 Å². The molecule has 7 heteroatoms. The molecule has 1 aliphatic heterocycles. The maximum Gasteiger partial charge on any atom is 0.303 e. The summed E-state index contributed by atoms with van der Waals surface area (Å²) in [5.41, 5.74) is 0. The van der Waals surface area contributed by atoms with Crippen LogP contribution in [-0.4, -0.2) is 52.5 Å². The van der Waals surface area contributed by atoms with Gasteiger partial charge in [-0.05, 0) is 12.8 Å². The van der Waals surface area contributed by atoms with E-state index in [4.69, 9.17) is 10.2 Å². The van der Waals surface area contributed by atoms with Crippen LogP contribution in [0.15, 0.2) is 17.1 Å². The Morgan fingerprint density at radius 1 is 0.818 bits per heavy atom. The molecular weight excluding hydrogens is 418 g/mol. The van der Waals surface area contributed by atoms with Gasteiger partial charge in [-0.25, -0.2) is 0 Å². The number of nitrogens with zero attached hydrogens (tertiary/aromatic N) is 2. The second-order valence-corrected chi connectivity index (χ2v) is 8.53. The van der Waals surface area contributed by atoms with Crippen LogP contribution in [0.2, 0.25) is 0 Å². The highest BCUT2D eigenvalue weighted by Crippen LogP contribution is 2.12. The van der Waals surface area contributed by atoms with Crippen molar-refractivity contribution >= 4 is 17.8 Å². The molecule has 0 fully saturated rings. The summed E-state index contributed by atoms with van der Waals surface area (Å²) in [7, 11) is 0. The fourth-order valence-electron chi connectivity index (χ4n) is 3.70. The molecule has 1 aliphatic rings. The molecule has 0 saturated carbocycles. The monoisotopic (exact) mass is 469 g/mol. The third kappa shape index (κ3) is 23.1. The summed E-state index contributed by atoms with van der Waals surface area (Å²) in [6, 6.07) is 0. The van der Waals surface area contributed by atoms with Crippen molar-refractivity contribution < 1.29 is 19.8 Å². The van der Waals surface area contributed by atoms with E-state index in [1.807, 2.05) is 0 Å². The molecule has 0 spiro atoms. The molecule has 0 radical (unpaired) electrons. The highest BCUT2D eigenvalue weighted by molar-refractivity contribution is 5.83. The number of aliphatic carboxylic acids is 2. The van der Waals surface area contributed by atoms with Gasteiger partial charge in [-0.2, -0.15) is 0 Å². The zero-order valence-electron chi connectivity index (χ0n) is 21.4. The molecule has 194 valence electrons. The topological polar surface area (TPSA) is 125 Å². The Morgan fingerprint density at radius 3 is 1.76 bits per heavy atom. The van der Waals surface area contributed by atoms with Gasteiger partial charge in [-0.15, -0.1) is 0 Å². The molecule has 0 amide bonds. The average Bonchev–Trinajstić information content (AvgIpc) is 3.23. The number of rotatable bonds is 19. The number of hydrogen-bond donors (Lipinski definition) is 3. The standard InChI is InChI=1S/C22H42N2.C4H6O4.H3N/c1-3-5-6-7-8-9-10-11-12-13-14-15-16-17-18-20-24-21-19-23-22(24)4-2;5-3(6)1-2-4(7)8;/h17-18H,3-16,19-21H2,1-2H3;1-2H2,(H,5,6)(H,7,8);1H3. The normalized spacial score (nSPS) is 12.8. The third-order valence-electron chi connectivity index (χ3n) is 5.62. The van der Waals surface area contributed by atoms with Gasteiger partial charge in [-0.1, -0.05) is 96.6 Å². The van der Waals surface area contributed by atoms with Crippen molar-refractivity contribution in [3.63, 3.8) is 0 Å². The number of hydrogen-bond acceptors (Lipinski definition) is 5. The molecule has 0 atom stereocenters. The molecule has 0 unspecified atom stereocenters. The van der Waals surface area contributed by atoms with E-state index in [9.17, 15) is 9.59 Å². The van der Waals surface area contributed by atoms with E-state index in [-0.39, 0.29) is 19.0 Å². The van der Waals surface area contributed by atoms with Gasteiger partial charge in [0.15, 0.2) is 0 Å². The summed E-state index contributed by atoms with van der Waals surface area (Å²) in [6.07, 6.45) is 23.7. The smallest absolute Gasteiger partial charge is 0.303 e. The van der Waals surface area contributed by atoms with E-state index in [1.54, 1.807) is 0 Å². The fourth-order valence-corrected chi connectivity index (χ4v) is 3.70. The molecule has 0 aromatic heterocycles. The number of allylic oxidation sites excluding steroid dienone is 1. The van der Waals surface area contributed by atoms with E-state index < -0.39 is 11.9 Å². The second-order valence-electron chi connectivity index (χ2n) is 8.53. The van der Waals surface area contributed by atoms with E-state index >= 15 is 0 Å². The first-order valence-corrected chi connectivity index (χ1v) is 12.9. The number of carboxylic acids is 2. The molecule has 0 aromatic rings. The van der Waals surface area contributed by atoms with Crippen LogP contribution in [0.1, 0.15) is 117 Å². The van der Waals surface area contributed by atoms with Gasteiger partial charge < -0.3 is 21.3 Å². The summed E-state index contributed by atoms with van der Waals surface area (Å²) in [6.45, 7) is 7.67. The Morgan fingerprint density at radius 2 is 1.30 bits per heavy atom. The Kier molecular flexibility index (Phi) is 25.0. The van der Waals surface area contributed by atoms with Crippen molar-refractivity contribution in [1.82, 2.24) is 11.1 Å². The van der Waals surface area contributed by atoms with Crippen molar-refractivity contribution in [2.75, 3.05) is 19.6 Å². The van der Waals surface area contributed by atoms with Crippen molar-refractivity contribution in [3.8, 4) is 0 Å². The lowest BCUT2D eigenvalue weighted by Crippen LogP contribution is -2.27. The lowest BCUT2D eigenvalue weighted by Gasteiger charge is -2.16.